The van der Waals surface area contributed by atoms with Gasteiger partial charge in [0.25, 0.3) is 0 Å². The third-order valence-electron chi connectivity index (χ3n) is 8.98. The van der Waals surface area contributed by atoms with Crippen molar-refractivity contribution in [1.82, 2.24) is 25.3 Å². The van der Waals surface area contributed by atoms with E-state index in [0.717, 1.165) is 38.6 Å². The number of nitrogens with zero attached hydrogens (tertiary/aromatic N) is 3. The van der Waals surface area contributed by atoms with Gasteiger partial charge < -0.3 is 20.4 Å². The molecule has 0 radical (unpaired) electrons. The van der Waals surface area contributed by atoms with Crippen molar-refractivity contribution in [2.75, 3.05) is 26.7 Å². The largest absolute Gasteiger partial charge is 0.354 e. The lowest BCUT2D eigenvalue weighted by molar-refractivity contribution is -0.142. The maximum atomic E-state index is 14.1. The van der Waals surface area contributed by atoms with Crippen LogP contribution in [0.3, 0.4) is 0 Å². The number of rotatable bonds is 12. The van der Waals surface area contributed by atoms with Gasteiger partial charge in [-0.2, -0.15) is 0 Å². The number of likely N-dealkylation sites (tertiary alicyclic amines) is 2. The summed E-state index contributed by atoms with van der Waals surface area (Å²) < 4.78 is 0. The molecule has 2 aliphatic heterocycles. The second kappa shape index (κ2) is 16.1. The standard InChI is InChI=1S/C34H61N5O4/c1-22(2)17-18-35-30(40)26-16-14-20-39(26)32(42)25(7)21-28(23(3)4)37(11)33(43)29(34(8,9)10)36-31(41)27-15-12-13-19-38(27)24(5)6/h21-24,26-29H,12-20H2,1-11H3,(H,35,40)(H,36,41)/t26-,27?,28+,29+/m0/s1. The third kappa shape index (κ3) is 10.0. The Morgan fingerprint density at radius 1 is 0.907 bits per heavy atom. The van der Waals surface area contributed by atoms with Crippen molar-refractivity contribution >= 4 is 23.6 Å². The molecule has 0 saturated carbocycles. The van der Waals surface area contributed by atoms with Crippen LogP contribution in [0.1, 0.15) is 108 Å². The highest BCUT2D eigenvalue weighted by Gasteiger charge is 2.40. The second-order valence-electron chi connectivity index (χ2n) is 14.8. The number of likely N-dealkylation sites (N-methyl/N-ethyl adjacent to an activating group) is 1. The zero-order valence-corrected chi connectivity index (χ0v) is 29.0. The lowest BCUT2D eigenvalue weighted by Gasteiger charge is -2.41. The molecule has 0 aromatic rings. The Bertz CT molecular complexity index is 999. The van der Waals surface area contributed by atoms with Gasteiger partial charge in [0.2, 0.25) is 23.6 Å². The molecule has 43 heavy (non-hydrogen) atoms. The van der Waals surface area contributed by atoms with Gasteiger partial charge in [0.15, 0.2) is 0 Å². The van der Waals surface area contributed by atoms with Gasteiger partial charge in [-0.1, -0.05) is 61.0 Å². The van der Waals surface area contributed by atoms with Gasteiger partial charge in [-0.3, -0.25) is 24.1 Å². The van der Waals surface area contributed by atoms with Crippen molar-refractivity contribution in [3.8, 4) is 0 Å². The van der Waals surface area contributed by atoms with Crippen LogP contribution in [-0.2, 0) is 19.2 Å². The number of amides is 4. The van der Waals surface area contributed by atoms with E-state index in [0.29, 0.717) is 31.0 Å². The zero-order valence-electron chi connectivity index (χ0n) is 29.0. The summed E-state index contributed by atoms with van der Waals surface area (Å²) in [5, 5.41) is 6.14. The zero-order chi connectivity index (χ0) is 32.6. The first-order chi connectivity index (χ1) is 20.0. The Morgan fingerprint density at radius 2 is 1.53 bits per heavy atom. The van der Waals surface area contributed by atoms with Crippen LogP contribution in [0, 0.1) is 17.3 Å². The van der Waals surface area contributed by atoms with Crippen molar-refractivity contribution < 1.29 is 19.2 Å². The molecule has 0 spiro atoms. The average molecular weight is 604 g/mol. The molecule has 0 aromatic heterocycles. The molecule has 0 aromatic carbocycles. The van der Waals surface area contributed by atoms with Crippen molar-refractivity contribution in [2.45, 2.75) is 138 Å². The van der Waals surface area contributed by atoms with Crippen molar-refractivity contribution in [3.05, 3.63) is 11.6 Å². The molecule has 2 heterocycles. The number of hydrogen-bond donors (Lipinski definition) is 2. The van der Waals surface area contributed by atoms with Gasteiger partial charge in [-0.05, 0) is 76.7 Å². The Morgan fingerprint density at radius 3 is 2.09 bits per heavy atom. The molecule has 9 heteroatoms. The fourth-order valence-electron chi connectivity index (χ4n) is 6.28. The van der Waals surface area contributed by atoms with Crippen molar-refractivity contribution in [3.63, 3.8) is 0 Å². The van der Waals surface area contributed by atoms with E-state index in [9.17, 15) is 19.2 Å². The highest BCUT2D eigenvalue weighted by molar-refractivity contribution is 5.97. The molecular weight excluding hydrogens is 542 g/mol. The molecule has 2 aliphatic rings. The second-order valence-corrected chi connectivity index (χ2v) is 14.8. The topological polar surface area (TPSA) is 102 Å². The summed E-state index contributed by atoms with van der Waals surface area (Å²) in [6.45, 7) is 22.2. The smallest absolute Gasteiger partial charge is 0.249 e. The quantitative estimate of drug-likeness (QED) is 0.323. The van der Waals surface area contributed by atoms with Gasteiger partial charge in [0.1, 0.15) is 12.1 Å². The molecular formula is C34H61N5O4. The molecule has 4 atom stereocenters. The predicted octanol–water partition coefficient (Wildman–Crippen LogP) is 4.36. The van der Waals surface area contributed by atoms with E-state index < -0.39 is 17.5 Å². The minimum absolute atomic E-state index is 0.0245. The number of carbonyl (C=O) groups is 4. The first kappa shape index (κ1) is 36.8. The minimum Gasteiger partial charge on any atom is -0.354 e. The van der Waals surface area contributed by atoms with E-state index in [2.05, 4.69) is 43.2 Å². The van der Waals surface area contributed by atoms with Gasteiger partial charge in [0.05, 0.1) is 12.1 Å². The van der Waals surface area contributed by atoms with Crippen LogP contribution in [0.5, 0.6) is 0 Å². The average Bonchev–Trinajstić information content (AvgIpc) is 3.42. The van der Waals surface area contributed by atoms with Crippen LogP contribution in [0.4, 0.5) is 0 Å². The Balaban J connectivity index is 2.22. The molecule has 1 unspecified atom stereocenters. The molecule has 246 valence electrons. The summed E-state index contributed by atoms with van der Waals surface area (Å²) in [5.41, 5.74) is 0.00603. The predicted molar refractivity (Wildman–Crippen MR) is 173 cm³/mol. The van der Waals surface area contributed by atoms with Gasteiger partial charge >= 0.3 is 0 Å². The van der Waals surface area contributed by atoms with Crippen LogP contribution in [0.15, 0.2) is 11.6 Å². The van der Waals surface area contributed by atoms with Gasteiger partial charge in [-0.15, -0.1) is 0 Å². The van der Waals surface area contributed by atoms with Crippen LogP contribution < -0.4 is 10.6 Å². The van der Waals surface area contributed by atoms with E-state index in [1.165, 1.54) is 0 Å². The van der Waals surface area contributed by atoms with Crippen LogP contribution in [0.25, 0.3) is 0 Å². The van der Waals surface area contributed by atoms with E-state index in [1.54, 1.807) is 23.8 Å². The molecule has 2 fully saturated rings. The summed E-state index contributed by atoms with van der Waals surface area (Å²) >= 11 is 0. The molecule has 9 nitrogen and oxygen atoms in total. The van der Waals surface area contributed by atoms with E-state index in [-0.39, 0.29) is 47.7 Å². The van der Waals surface area contributed by atoms with E-state index in [1.807, 2.05) is 40.7 Å². The molecule has 0 aliphatic carbocycles. The Labute approximate surface area is 261 Å². The summed E-state index contributed by atoms with van der Waals surface area (Å²) in [6, 6.07) is -1.54. The summed E-state index contributed by atoms with van der Waals surface area (Å²) in [6.07, 6.45) is 7.07. The SMILES string of the molecule is CC(=C[C@H](C(C)C)N(C)C(=O)[C@@H](NC(=O)C1CCCCN1C(C)C)C(C)(C)C)C(=O)N1CCC[C@H]1C(=O)NCCC(C)C. The number of carbonyl (C=O) groups excluding carboxylic acids is 4. The van der Waals surface area contributed by atoms with E-state index in [4.69, 9.17) is 0 Å². The van der Waals surface area contributed by atoms with Gasteiger partial charge in [-0.25, -0.2) is 0 Å². The highest BCUT2D eigenvalue weighted by atomic mass is 16.2. The van der Waals surface area contributed by atoms with Crippen molar-refractivity contribution in [2.24, 2.45) is 17.3 Å². The Hall–Kier alpha value is -2.42. The molecule has 2 rings (SSSR count). The Kier molecular flexibility index (Phi) is 13.7. The fraction of sp³-hybridized carbons (Fsp3) is 0.824. The maximum absolute atomic E-state index is 14.1. The molecule has 4 amide bonds. The fourth-order valence-corrected chi connectivity index (χ4v) is 6.28. The lowest BCUT2D eigenvalue weighted by atomic mass is 9.84. The highest BCUT2D eigenvalue weighted by Crippen LogP contribution is 2.27. The number of hydrogen-bond acceptors (Lipinski definition) is 5. The summed E-state index contributed by atoms with van der Waals surface area (Å²) in [7, 11) is 1.76. The third-order valence-corrected chi connectivity index (χ3v) is 8.98. The van der Waals surface area contributed by atoms with Crippen molar-refractivity contribution in [1.29, 1.82) is 0 Å². The summed E-state index contributed by atoms with van der Waals surface area (Å²) in [4.78, 5) is 59.8. The van der Waals surface area contributed by atoms with Crippen LogP contribution >= 0.6 is 0 Å². The number of piperidine rings is 1. The normalized spacial score (nSPS) is 21.7. The molecule has 2 saturated heterocycles. The lowest BCUT2D eigenvalue weighted by Crippen LogP contribution is -2.60. The molecule has 2 N–H and O–H groups in total. The first-order valence-electron chi connectivity index (χ1n) is 16.6. The molecule has 0 bridgehead atoms. The monoisotopic (exact) mass is 603 g/mol. The maximum Gasteiger partial charge on any atom is 0.249 e. The number of nitrogens with one attached hydrogen (secondary N) is 2. The first-order valence-corrected chi connectivity index (χ1v) is 16.6. The van der Waals surface area contributed by atoms with Crippen LogP contribution in [0.2, 0.25) is 0 Å². The summed E-state index contributed by atoms with van der Waals surface area (Å²) in [5.74, 6) is -0.00923. The van der Waals surface area contributed by atoms with E-state index >= 15 is 0 Å². The minimum atomic E-state index is -0.718. The van der Waals surface area contributed by atoms with Gasteiger partial charge in [0, 0.05) is 31.8 Å². The van der Waals surface area contributed by atoms with Crippen LogP contribution in [-0.4, -0.2) is 95.2 Å².